The van der Waals surface area contributed by atoms with Gasteiger partial charge >= 0.3 is 16.7 Å². The van der Waals surface area contributed by atoms with Crippen LogP contribution in [0.4, 0.5) is 5.69 Å². The summed E-state index contributed by atoms with van der Waals surface area (Å²) in [6, 6.07) is 12.7. The lowest BCUT2D eigenvalue weighted by Crippen LogP contribution is -2.42. The van der Waals surface area contributed by atoms with Gasteiger partial charge in [-0.15, -0.1) is 0 Å². The second-order valence-corrected chi connectivity index (χ2v) is 8.28. The number of aromatic amines is 1. The number of carbonyl (C=O) groups excluding carboxylic acids is 2. The van der Waals surface area contributed by atoms with E-state index in [2.05, 4.69) is 16.4 Å². The van der Waals surface area contributed by atoms with E-state index in [0.29, 0.717) is 29.3 Å². The number of rotatable bonds is 2. The van der Waals surface area contributed by atoms with Gasteiger partial charge in [0.1, 0.15) is 0 Å². The van der Waals surface area contributed by atoms with Gasteiger partial charge in [-0.2, -0.15) is 0 Å². The van der Waals surface area contributed by atoms with Gasteiger partial charge in [0.05, 0.1) is 10.2 Å². The largest absolute Gasteiger partial charge is 0.334 e. The van der Waals surface area contributed by atoms with Gasteiger partial charge in [-0.3, -0.25) is 14.4 Å². The number of nitrogens with zero attached hydrogens (tertiary/aromatic N) is 1. The lowest BCUT2D eigenvalue weighted by molar-refractivity contribution is -0.143. The molecule has 0 bridgehead atoms. The normalized spacial score (nSPS) is 14.1. The zero-order valence-corrected chi connectivity index (χ0v) is 17.0. The fraction of sp³-hybridized carbons (Fsp3) is 0.190. The number of thiazole rings is 1. The maximum atomic E-state index is 12.5. The molecule has 2 amide bonds. The van der Waals surface area contributed by atoms with Crippen LogP contribution >= 0.6 is 22.9 Å². The SMILES string of the molecule is O=C(Nc1ccc2[nH]c(=O)sc2c1)C(=O)N1CCC(=Cc2ccc(Cl)cc2)CC1. The third-order valence-electron chi connectivity index (χ3n) is 4.81. The zero-order chi connectivity index (χ0) is 20.4. The molecule has 0 radical (unpaired) electrons. The van der Waals surface area contributed by atoms with Gasteiger partial charge in [0, 0.05) is 23.8 Å². The zero-order valence-electron chi connectivity index (χ0n) is 15.4. The second kappa shape index (κ2) is 8.23. The minimum atomic E-state index is -0.669. The van der Waals surface area contributed by atoms with Crippen molar-refractivity contribution in [2.75, 3.05) is 18.4 Å². The molecule has 1 aliphatic heterocycles. The number of amides is 2. The van der Waals surface area contributed by atoms with E-state index in [9.17, 15) is 14.4 Å². The molecule has 4 rings (SSSR count). The van der Waals surface area contributed by atoms with Crippen LogP contribution < -0.4 is 10.2 Å². The van der Waals surface area contributed by atoms with Crippen molar-refractivity contribution in [3.8, 4) is 0 Å². The Balaban J connectivity index is 1.36. The van der Waals surface area contributed by atoms with Crippen LogP contribution in [0.1, 0.15) is 18.4 Å². The van der Waals surface area contributed by atoms with E-state index in [1.165, 1.54) is 5.57 Å². The first-order chi connectivity index (χ1) is 14.0. The number of likely N-dealkylation sites (tertiary alicyclic amines) is 1. The van der Waals surface area contributed by atoms with Crippen molar-refractivity contribution in [2.45, 2.75) is 12.8 Å². The van der Waals surface area contributed by atoms with Crippen LogP contribution in [-0.4, -0.2) is 34.8 Å². The third-order valence-corrected chi connectivity index (χ3v) is 5.90. The highest BCUT2D eigenvalue weighted by atomic mass is 35.5. The Hall–Kier alpha value is -2.90. The summed E-state index contributed by atoms with van der Waals surface area (Å²) < 4.78 is 0.732. The van der Waals surface area contributed by atoms with Gasteiger partial charge in [-0.25, -0.2) is 0 Å². The summed E-state index contributed by atoms with van der Waals surface area (Å²) in [5, 5.41) is 3.33. The molecular weight excluding hydrogens is 410 g/mol. The van der Waals surface area contributed by atoms with Crippen LogP contribution in [-0.2, 0) is 9.59 Å². The standard InChI is InChI=1S/C21H18ClN3O3S/c22-15-3-1-13(2-4-15)11-14-7-9-25(10-8-14)20(27)19(26)23-16-5-6-17-18(12-16)29-21(28)24-17/h1-6,11-12H,7-10H2,(H,23,26)(H,24,28). The van der Waals surface area contributed by atoms with Crippen LogP contribution in [0.3, 0.4) is 0 Å². The molecule has 2 aromatic carbocycles. The van der Waals surface area contributed by atoms with Crippen LogP contribution in [0, 0.1) is 0 Å². The van der Waals surface area contributed by atoms with Gasteiger partial charge in [-0.1, -0.05) is 46.7 Å². The number of hydrogen-bond acceptors (Lipinski definition) is 4. The molecule has 0 saturated carbocycles. The lowest BCUT2D eigenvalue weighted by Gasteiger charge is -2.28. The number of halogens is 1. The predicted octanol–water partition coefficient (Wildman–Crippen LogP) is 3.89. The van der Waals surface area contributed by atoms with E-state index in [-0.39, 0.29) is 4.87 Å². The van der Waals surface area contributed by atoms with Crippen LogP contribution in [0.5, 0.6) is 0 Å². The first-order valence-corrected chi connectivity index (χ1v) is 10.4. The lowest BCUT2D eigenvalue weighted by atomic mass is 10.0. The average molecular weight is 428 g/mol. The average Bonchev–Trinajstić information content (AvgIpc) is 3.09. The predicted molar refractivity (Wildman–Crippen MR) is 116 cm³/mol. The molecule has 8 heteroatoms. The summed E-state index contributed by atoms with van der Waals surface area (Å²) in [7, 11) is 0. The second-order valence-electron chi connectivity index (χ2n) is 6.83. The molecule has 6 nitrogen and oxygen atoms in total. The fourth-order valence-electron chi connectivity index (χ4n) is 3.29. The molecule has 1 aliphatic rings. The quantitative estimate of drug-likeness (QED) is 0.609. The summed E-state index contributed by atoms with van der Waals surface area (Å²) in [6.45, 7) is 1.01. The third kappa shape index (κ3) is 4.58. The number of fused-ring (bicyclic) bond motifs is 1. The molecule has 29 heavy (non-hydrogen) atoms. The molecule has 148 valence electrons. The van der Waals surface area contributed by atoms with E-state index >= 15 is 0 Å². The minimum absolute atomic E-state index is 0.157. The van der Waals surface area contributed by atoms with Crippen LogP contribution in [0.25, 0.3) is 16.3 Å². The molecule has 0 aliphatic carbocycles. The van der Waals surface area contributed by atoms with Gasteiger partial charge in [0.15, 0.2) is 0 Å². The summed E-state index contributed by atoms with van der Waals surface area (Å²) in [4.78, 5) is 40.4. The number of aromatic nitrogens is 1. The van der Waals surface area contributed by atoms with E-state index in [1.54, 1.807) is 23.1 Å². The van der Waals surface area contributed by atoms with E-state index in [0.717, 1.165) is 34.4 Å². The smallest absolute Gasteiger partial charge is 0.313 e. The summed E-state index contributed by atoms with van der Waals surface area (Å²) >= 11 is 6.97. The maximum absolute atomic E-state index is 12.5. The number of nitrogens with one attached hydrogen (secondary N) is 2. The van der Waals surface area contributed by atoms with E-state index in [4.69, 9.17) is 11.6 Å². The highest BCUT2D eigenvalue weighted by Crippen LogP contribution is 2.22. The van der Waals surface area contributed by atoms with Gasteiger partial charge in [0.25, 0.3) is 0 Å². The molecule has 1 saturated heterocycles. The monoisotopic (exact) mass is 427 g/mol. The van der Waals surface area contributed by atoms with Crippen LogP contribution in [0.2, 0.25) is 5.02 Å². The number of carbonyl (C=O) groups is 2. The van der Waals surface area contributed by atoms with Crippen molar-refractivity contribution < 1.29 is 9.59 Å². The highest BCUT2D eigenvalue weighted by molar-refractivity contribution is 7.16. The van der Waals surface area contributed by atoms with Crippen molar-refractivity contribution in [1.82, 2.24) is 9.88 Å². The van der Waals surface area contributed by atoms with Gasteiger partial charge in [0.2, 0.25) is 0 Å². The van der Waals surface area contributed by atoms with E-state index in [1.807, 2.05) is 24.3 Å². The maximum Gasteiger partial charge on any atom is 0.313 e. The molecule has 2 heterocycles. The fourth-order valence-corrected chi connectivity index (χ4v) is 4.19. The van der Waals surface area contributed by atoms with Crippen molar-refractivity contribution in [3.05, 3.63) is 68.3 Å². The molecule has 3 aromatic rings. The first kappa shape index (κ1) is 19.4. The molecule has 0 spiro atoms. The van der Waals surface area contributed by atoms with Crippen molar-refractivity contribution in [1.29, 1.82) is 0 Å². The summed E-state index contributed by atoms with van der Waals surface area (Å²) in [6.07, 6.45) is 3.56. The van der Waals surface area contributed by atoms with Crippen molar-refractivity contribution >= 4 is 56.7 Å². The Bertz CT molecular complexity index is 1150. The summed E-state index contributed by atoms with van der Waals surface area (Å²) in [5.41, 5.74) is 3.51. The molecule has 2 N–H and O–H groups in total. The molecule has 1 fully saturated rings. The molecule has 0 unspecified atom stereocenters. The Morgan fingerprint density at radius 1 is 1.10 bits per heavy atom. The Labute approximate surface area is 175 Å². The van der Waals surface area contributed by atoms with E-state index < -0.39 is 11.8 Å². The van der Waals surface area contributed by atoms with Crippen molar-refractivity contribution in [3.63, 3.8) is 0 Å². The van der Waals surface area contributed by atoms with Crippen molar-refractivity contribution in [2.24, 2.45) is 0 Å². The molecular formula is C21H18ClN3O3S. The number of hydrogen-bond donors (Lipinski definition) is 2. The highest BCUT2D eigenvalue weighted by Gasteiger charge is 2.25. The molecule has 1 aromatic heterocycles. The number of H-pyrrole nitrogens is 1. The first-order valence-electron chi connectivity index (χ1n) is 9.16. The van der Waals surface area contributed by atoms with Gasteiger partial charge in [-0.05, 0) is 48.7 Å². The summed E-state index contributed by atoms with van der Waals surface area (Å²) in [5.74, 6) is -1.21. The Morgan fingerprint density at radius 3 is 2.55 bits per heavy atom. The number of benzene rings is 2. The Kier molecular flexibility index (Phi) is 5.51. The number of anilines is 1. The van der Waals surface area contributed by atoms with Crippen LogP contribution in [0.15, 0.2) is 52.8 Å². The number of piperidine rings is 1. The van der Waals surface area contributed by atoms with Gasteiger partial charge < -0.3 is 15.2 Å². The topological polar surface area (TPSA) is 82.3 Å². The minimum Gasteiger partial charge on any atom is -0.334 e. The Morgan fingerprint density at radius 2 is 1.83 bits per heavy atom. The molecule has 0 atom stereocenters.